The smallest absolute Gasteiger partial charge is 0.263 e. The highest BCUT2D eigenvalue weighted by Gasteiger charge is 2.16. The van der Waals surface area contributed by atoms with Crippen molar-refractivity contribution in [3.8, 4) is 0 Å². The van der Waals surface area contributed by atoms with Crippen LogP contribution in [0.25, 0.3) is 10.1 Å². The number of anilines is 1. The van der Waals surface area contributed by atoms with E-state index in [4.69, 9.17) is 5.73 Å². The number of hydrogen-bond acceptors (Lipinski definition) is 4. The van der Waals surface area contributed by atoms with Crippen molar-refractivity contribution < 1.29 is 9.59 Å². The summed E-state index contributed by atoms with van der Waals surface area (Å²) in [4.78, 5) is 25.6. The average molecular weight is 370 g/mol. The van der Waals surface area contributed by atoms with E-state index in [0.717, 1.165) is 14.6 Å². The standard InChI is InChI=1S/C14H16BrN3O2S/c1-18(2)11(19)5-6-17-14(20)13-12(16)9-4-3-8(15)7-10(9)21-13/h3-4,7H,5-6,16H2,1-2H3,(H,17,20). The molecule has 0 atom stereocenters. The average Bonchev–Trinajstić information content (AvgIpc) is 2.75. The Morgan fingerprint density at radius 2 is 2.10 bits per heavy atom. The van der Waals surface area contributed by atoms with Gasteiger partial charge in [0.2, 0.25) is 5.91 Å². The number of carbonyl (C=O) groups excluding carboxylic acids is 2. The maximum Gasteiger partial charge on any atom is 0.263 e. The monoisotopic (exact) mass is 369 g/mol. The minimum atomic E-state index is -0.239. The summed E-state index contributed by atoms with van der Waals surface area (Å²) in [7, 11) is 3.37. The summed E-state index contributed by atoms with van der Waals surface area (Å²) in [5, 5.41) is 3.61. The zero-order valence-corrected chi connectivity index (χ0v) is 14.2. The first-order valence-corrected chi connectivity index (χ1v) is 7.97. The van der Waals surface area contributed by atoms with Gasteiger partial charge in [-0.15, -0.1) is 11.3 Å². The van der Waals surface area contributed by atoms with Crippen LogP contribution in [0.15, 0.2) is 22.7 Å². The molecule has 0 fully saturated rings. The third-order valence-corrected chi connectivity index (χ3v) is 4.68. The van der Waals surface area contributed by atoms with Crippen molar-refractivity contribution in [2.75, 3.05) is 26.4 Å². The van der Waals surface area contributed by atoms with Crippen LogP contribution in [0.4, 0.5) is 5.69 Å². The summed E-state index contributed by atoms with van der Waals surface area (Å²) < 4.78 is 1.90. The molecule has 0 bridgehead atoms. The van der Waals surface area contributed by atoms with Gasteiger partial charge in [-0.25, -0.2) is 0 Å². The zero-order valence-electron chi connectivity index (χ0n) is 11.8. The van der Waals surface area contributed by atoms with Gasteiger partial charge in [-0.1, -0.05) is 22.0 Å². The van der Waals surface area contributed by atoms with E-state index in [1.807, 2.05) is 18.2 Å². The molecule has 1 heterocycles. The summed E-state index contributed by atoms with van der Waals surface area (Å²) in [6.45, 7) is 0.299. The molecule has 2 rings (SSSR count). The second-order valence-electron chi connectivity index (χ2n) is 4.78. The molecule has 0 aliphatic rings. The number of thiophene rings is 1. The van der Waals surface area contributed by atoms with Crippen LogP contribution in [-0.2, 0) is 4.79 Å². The van der Waals surface area contributed by atoms with Gasteiger partial charge in [-0.05, 0) is 12.1 Å². The van der Waals surface area contributed by atoms with Gasteiger partial charge >= 0.3 is 0 Å². The van der Waals surface area contributed by atoms with Gasteiger partial charge in [-0.2, -0.15) is 0 Å². The normalized spacial score (nSPS) is 10.6. The lowest BCUT2D eigenvalue weighted by atomic mass is 10.2. The first-order valence-electron chi connectivity index (χ1n) is 6.36. The minimum Gasteiger partial charge on any atom is -0.397 e. The topological polar surface area (TPSA) is 75.4 Å². The molecule has 0 saturated carbocycles. The van der Waals surface area contributed by atoms with Crippen molar-refractivity contribution in [3.05, 3.63) is 27.5 Å². The Kier molecular flexibility index (Phi) is 4.84. The highest BCUT2D eigenvalue weighted by Crippen LogP contribution is 2.35. The van der Waals surface area contributed by atoms with Gasteiger partial charge in [0.05, 0.1) is 5.69 Å². The van der Waals surface area contributed by atoms with Crippen LogP contribution in [0.2, 0.25) is 0 Å². The first kappa shape index (κ1) is 15.8. The second kappa shape index (κ2) is 6.44. The summed E-state index contributed by atoms with van der Waals surface area (Å²) in [6.07, 6.45) is 0.273. The van der Waals surface area contributed by atoms with Crippen LogP contribution < -0.4 is 11.1 Å². The number of carbonyl (C=O) groups is 2. The number of nitrogens with two attached hydrogens (primary N) is 1. The summed E-state index contributed by atoms with van der Waals surface area (Å²) >= 11 is 4.75. The Balaban J connectivity index is 2.09. The third kappa shape index (κ3) is 3.54. The maximum absolute atomic E-state index is 12.2. The van der Waals surface area contributed by atoms with Gasteiger partial charge in [-0.3, -0.25) is 9.59 Å². The molecule has 3 N–H and O–H groups in total. The van der Waals surface area contributed by atoms with E-state index in [-0.39, 0.29) is 18.2 Å². The van der Waals surface area contributed by atoms with Crippen LogP contribution in [0.1, 0.15) is 16.1 Å². The van der Waals surface area contributed by atoms with E-state index in [1.165, 1.54) is 16.2 Å². The Morgan fingerprint density at radius 3 is 2.76 bits per heavy atom. The molecule has 2 amide bonds. The summed E-state index contributed by atoms with van der Waals surface area (Å²) in [6, 6.07) is 5.71. The Bertz CT molecular complexity index is 697. The molecular formula is C14H16BrN3O2S. The quantitative estimate of drug-likeness (QED) is 0.868. The van der Waals surface area contributed by atoms with Crippen molar-refractivity contribution in [1.82, 2.24) is 10.2 Å². The van der Waals surface area contributed by atoms with E-state index >= 15 is 0 Å². The van der Waals surface area contributed by atoms with E-state index in [2.05, 4.69) is 21.2 Å². The lowest BCUT2D eigenvalue weighted by Crippen LogP contribution is -2.30. The van der Waals surface area contributed by atoms with E-state index < -0.39 is 0 Å². The molecule has 0 saturated heterocycles. The highest BCUT2D eigenvalue weighted by molar-refractivity contribution is 9.10. The molecular weight excluding hydrogens is 354 g/mol. The molecule has 21 heavy (non-hydrogen) atoms. The highest BCUT2D eigenvalue weighted by atomic mass is 79.9. The Morgan fingerprint density at radius 1 is 1.38 bits per heavy atom. The summed E-state index contributed by atoms with van der Waals surface area (Å²) in [5.74, 6) is -0.264. The van der Waals surface area contributed by atoms with E-state index in [0.29, 0.717) is 17.1 Å². The minimum absolute atomic E-state index is 0.0245. The second-order valence-corrected chi connectivity index (χ2v) is 6.75. The molecule has 0 aliphatic heterocycles. The molecule has 0 spiro atoms. The van der Waals surface area contributed by atoms with Gasteiger partial charge < -0.3 is 16.0 Å². The number of rotatable bonds is 4. The zero-order chi connectivity index (χ0) is 15.6. The van der Waals surface area contributed by atoms with Crippen molar-refractivity contribution in [1.29, 1.82) is 0 Å². The first-order chi connectivity index (χ1) is 9.90. The molecule has 112 valence electrons. The number of fused-ring (bicyclic) bond motifs is 1. The van der Waals surface area contributed by atoms with Crippen molar-refractivity contribution in [2.24, 2.45) is 0 Å². The molecule has 0 aliphatic carbocycles. The SMILES string of the molecule is CN(C)C(=O)CCNC(=O)c1sc2cc(Br)ccc2c1N. The molecule has 0 radical (unpaired) electrons. The van der Waals surface area contributed by atoms with Crippen LogP contribution >= 0.6 is 27.3 Å². The van der Waals surface area contributed by atoms with Crippen molar-refractivity contribution in [2.45, 2.75) is 6.42 Å². The Hall–Kier alpha value is -1.60. The fraction of sp³-hybridized carbons (Fsp3) is 0.286. The van der Waals surface area contributed by atoms with E-state index in [1.54, 1.807) is 14.1 Å². The van der Waals surface area contributed by atoms with Crippen LogP contribution in [0.5, 0.6) is 0 Å². The predicted octanol–water partition coefficient (Wildman–Crippen LogP) is 2.45. The lowest BCUT2D eigenvalue weighted by Gasteiger charge is -2.10. The van der Waals surface area contributed by atoms with Crippen molar-refractivity contribution in [3.63, 3.8) is 0 Å². The number of hydrogen-bond donors (Lipinski definition) is 2. The molecule has 2 aromatic rings. The summed E-state index contributed by atoms with van der Waals surface area (Å²) in [5.41, 5.74) is 6.51. The van der Waals surface area contributed by atoms with Crippen molar-refractivity contribution >= 4 is 54.9 Å². The number of nitrogens with one attached hydrogen (secondary N) is 1. The van der Waals surface area contributed by atoms with Crippen LogP contribution in [0, 0.1) is 0 Å². The Labute approximate surface area is 135 Å². The number of nitrogens with zero attached hydrogens (tertiary/aromatic N) is 1. The van der Waals surface area contributed by atoms with Gasteiger partial charge in [0, 0.05) is 41.6 Å². The third-order valence-electron chi connectivity index (χ3n) is 3.02. The molecule has 0 unspecified atom stereocenters. The van der Waals surface area contributed by atoms with Gasteiger partial charge in [0.1, 0.15) is 4.88 Å². The van der Waals surface area contributed by atoms with E-state index in [9.17, 15) is 9.59 Å². The fourth-order valence-electron chi connectivity index (χ4n) is 1.85. The van der Waals surface area contributed by atoms with Crippen LogP contribution in [0.3, 0.4) is 0 Å². The number of amides is 2. The number of halogens is 1. The largest absolute Gasteiger partial charge is 0.397 e. The molecule has 5 nitrogen and oxygen atoms in total. The lowest BCUT2D eigenvalue weighted by molar-refractivity contribution is -0.128. The van der Waals surface area contributed by atoms with Gasteiger partial charge in [0.25, 0.3) is 5.91 Å². The predicted molar refractivity (Wildman–Crippen MR) is 89.6 cm³/mol. The van der Waals surface area contributed by atoms with Crippen LogP contribution in [-0.4, -0.2) is 37.4 Å². The number of benzene rings is 1. The molecule has 7 heteroatoms. The fourth-order valence-corrected chi connectivity index (χ4v) is 3.44. The molecule has 1 aromatic carbocycles. The maximum atomic E-state index is 12.2. The number of nitrogen functional groups attached to an aromatic ring is 1. The van der Waals surface area contributed by atoms with Gasteiger partial charge in [0.15, 0.2) is 0 Å². The molecule has 1 aromatic heterocycles.